The minimum Gasteiger partial charge on any atom is -0.469 e. The van der Waals surface area contributed by atoms with Crippen LogP contribution in [0.5, 0.6) is 11.5 Å². The monoisotopic (exact) mass is 227 g/mol. The molecule has 0 atom stereocenters. The summed E-state index contributed by atoms with van der Waals surface area (Å²) in [5.74, 6) is 0.517. The van der Waals surface area contributed by atoms with Crippen LogP contribution in [0.25, 0.3) is 0 Å². The molecule has 1 heterocycles. The summed E-state index contributed by atoms with van der Waals surface area (Å²) in [4.78, 5) is 0. The van der Waals surface area contributed by atoms with Gasteiger partial charge in [-0.05, 0) is 40.3 Å². The van der Waals surface area contributed by atoms with Gasteiger partial charge in [-0.2, -0.15) is 0 Å². The third-order valence-electron chi connectivity index (χ3n) is 3.24. The topological polar surface area (TPSA) is 44.5 Å². The minimum atomic E-state index is -1.75. The fourth-order valence-corrected chi connectivity index (χ4v) is 2.51. The molecule has 0 amide bonds. The van der Waals surface area contributed by atoms with Gasteiger partial charge in [0.2, 0.25) is 0 Å². The van der Waals surface area contributed by atoms with Crippen molar-refractivity contribution in [2.75, 3.05) is 0 Å². The van der Waals surface area contributed by atoms with Crippen LogP contribution < -0.4 is 26.1 Å². The Hall–Kier alpha value is -0.895. The maximum absolute atomic E-state index is 6.01. The number of hydrogen-bond donors (Lipinski definition) is 1. The maximum atomic E-state index is 6.01. The van der Waals surface area contributed by atoms with Crippen molar-refractivity contribution >= 4 is 50.2 Å². The van der Waals surface area contributed by atoms with Crippen LogP contribution in [0.4, 0.5) is 0 Å². The minimum absolute atomic E-state index is 0.258. The zero-order valence-corrected chi connectivity index (χ0v) is 9.69. The highest BCUT2D eigenvalue weighted by atomic mass is 16.7. The summed E-state index contributed by atoms with van der Waals surface area (Å²) >= 11 is 0. The second-order valence-electron chi connectivity index (χ2n) is 4.95. The van der Waals surface area contributed by atoms with E-state index in [4.69, 9.17) is 54.4 Å². The average molecular weight is 226 g/mol. The molecule has 8 heteroatoms. The molecule has 1 aliphatic carbocycles. The molecule has 2 aliphatic rings. The van der Waals surface area contributed by atoms with E-state index in [0.29, 0.717) is 23.8 Å². The fourth-order valence-electron chi connectivity index (χ4n) is 2.51. The summed E-state index contributed by atoms with van der Waals surface area (Å²) in [6.45, 7) is 0. The average Bonchev–Trinajstić information content (AvgIpc) is 2.72. The summed E-state index contributed by atoms with van der Waals surface area (Å²) in [5, 5.41) is 0. The molecule has 0 unspecified atom stereocenters. The Morgan fingerprint density at radius 2 is 1.28 bits per heavy atom. The van der Waals surface area contributed by atoms with Gasteiger partial charge < -0.3 is 15.2 Å². The second kappa shape index (κ2) is 3.35. The largest absolute Gasteiger partial charge is 0.469 e. The van der Waals surface area contributed by atoms with Crippen LogP contribution in [-0.2, 0) is 12.8 Å². The van der Waals surface area contributed by atoms with Gasteiger partial charge in [-0.3, -0.25) is 0 Å². The third-order valence-corrected chi connectivity index (χ3v) is 3.24. The normalized spacial score (nSPS) is 21.8. The first-order chi connectivity index (χ1) is 8.20. The van der Waals surface area contributed by atoms with Crippen molar-refractivity contribution in [1.29, 1.82) is 0 Å². The predicted molar refractivity (Wildman–Crippen MR) is 72.8 cm³/mol. The Balaban J connectivity index is 2.20. The van der Waals surface area contributed by atoms with Gasteiger partial charge in [-0.1, -0.05) is 0 Å². The van der Waals surface area contributed by atoms with Crippen LogP contribution in [0.2, 0.25) is 0 Å². The fraction of sp³-hybridized carbons (Fsp3) is 0.400. The Morgan fingerprint density at radius 1 is 0.889 bits per heavy atom. The molecule has 1 aliphatic heterocycles. The van der Waals surface area contributed by atoms with E-state index in [0.717, 1.165) is 11.1 Å². The number of fused-ring (bicyclic) bond motifs is 2. The van der Waals surface area contributed by atoms with E-state index in [1.165, 1.54) is 0 Å². The van der Waals surface area contributed by atoms with Gasteiger partial charge in [0.25, 0.3) is 0 Å². The van der Waals surface area contributed by atoms with Gasteiger partial charge in [0.05, 0.1) is 7.85 Å². The van der Waals surface area contributed by atoms with Crippen molar-refractivity contribution in [2.45, 2.75) is 23.9 Å². The lowest BCUT2D eigenvalue weighted by Gasteiger charge is -2.19. The first kappa shape index (κ1) is 12.2. The van der Waals surface area contributed by atoms with Gasteiger partial charge >= 0.3 is 0 Å². The molecular weight excluding hydrogens is 220 g/mol. The Kier molecular flexibility index (Phi) is 2.26. The first-order valence-electron chi connectivity index (χ1n) is 5.46. The first-order valence-corrected chi connectivity index (χ1v) is 5.46. The molecule has 0 bridgehead atoms. The summed E-state index contributed by atoms with van der Waals surface area (Å²) in [6.07, 6.45) is 0.828. The molecule has 0 saturated heterocycles. The van der Waals surface area contributed by atoms with E-state index in [-0.39, 0.29) is 11.5 Å². The Labute approximate surface area is 112 Å². The number of nitrogens with two attached hydrogens (primary N) is 1. The van der Waals surface area contributed by atoms with E-state index in [1.54, 1.807) is 0 Å². The molecule has 3 nitrogen and oxygen atoms in total. The van der Waals surface area contributed by atoms with Crippen molar-refractivity contribution in [2.24, 2.45) is 5.73 Å². The predicted octanol–water partition coefficient (Wildman–Crippen LogP) is -3.08. The van der Waals surface area contributed by atoms with E-state index in [2.05, 4.69) is 0 Å². The molecule has 0 saturated carbocycles. The molecule has 3 rings (SSSR count). The lowest BCUT2D eigenvalue weighted by molar-refractivity contribution is 0.0844. The molecular formula is C10H6B5NO2. The number of ether oxygens (including phenoxy) is 2. The quantitative estimate of drug-likeness (QED) is 0.477. The molecule has 1 aromatic carbocycles. The zero-order valence-electron chi connectivity index (χ0n) is 9.69. The highest BCUT2D eigenvalue weighted by Crippen LogP contribution is 2.38. The van der Waals surface area contributed by atoms with Gasteiger partial charge in [0.15, 0.2) is 32.8 Å². The molecule has 18 heavy (non-hydrogen) atoms. The Bertz CT molecular complexity index is 468. The second-order valence-corrected chi connectivity index (χ2v) is 4.95. The highest BCUT2D eigenvalue weighted by Gasteiger charge is 2.38. The lowest BCUT2D eigenvalue weighted by Crippen LogP contribution is -2.42. The van der Waals surface area contributed by atoms with Gasteiger partial charge in [-0.15, -0.1) is 0 Å². The van der Waals surface area contributed by atoms with Crippen LogP contribution in [0.15, 0.2) is 0 Å². The molecule has 10 radical (unpaired) electrons. The summed E-state index contributed by atoms with van der Waals surface area (Å²) < 4.78 is 10.5. The molecule has 0 aromatic heterocycles. The number of benzene rings is 1. The summed E-state index contributed by atoms with van der Waals surface area (Å²) in [7, 11) is 29.0. The molecule has 78 valence electrons. The van der Waals surface area contributed by atoms with Gasteiger partial charge in [0.1, 0.15) is 15.7 Å². The van der Waals surface area contributed by atoms with E-state index < -0.39 is 11.0 Å². The molecule has 1 aromatic rings. The van der Waals surface area contributed by atoms with Crippen molar-refractivity contribution in [1.82, 2.24) is 0 Å². The SMILES string of the molecule is [B]c1c2c(c([B])c3c1OC([B])([B])O3)CC([B])(N)C2. The van der Waals surface area contributed by atoms with Crippen molar-refractivity contribution in [3.05, 3.63) is 11.1 Å². The lowest BCUT2D eigenvalue weighted by atomic mass is 9.75. The van der Waals surface area contributed by atoms with Crippen molar-refractivity contribution < 1.29 is 9.47 Å². The number of hydrogen-bond acceptors (Lipinski definition) is 3. The van der Waals surface area contributed by atoms with Crippen LogP contribution in [0, 0.1) is 0 Å². The third kappa shape index (κ3) is 1.62. The van der Waals surface area contributed by atoms with Gasteiger partial charge in [0, 0.05) is 0 Å². The molecule has 0 fully saturated rings. The van der Waals surface area contributed by atoms with Crippen molar-refractivity contribution in [3.63, 3.8) is 0 Å². The molecule has 0 spiro atoms. The smallest absolute Gasteiger partial charge is 0.175 e. The van der Waals surface area contributed by atoms with Crippen LogP contribution >= 0.6 is 0 Å². The maximum Gasteiger partial charge on any atom is 0.175 e. The van der Waals surface area contributed by atoms with E-state index in [1.807, 2.05) is 0 Å². The summed E-state index contributed by atoms with van der Waals surface area (Å²) in [5.41, 5.74) is 5.62. The van der Waals surface area contributed by atoms with Crippen LogP contribution in [-0.4, -0.2) is 50.3 Å². The van der Waals surface area contributed by atoms with Crippen LogP contribution in [0.3, 0.4) is 0 Å². The van der Waals surface area contributed by atoms with Crippen molar-refractivity contribution in [3.8, 4) is 11.5 Å². The highest BCUT2D eigenvalue weighted by molar-refractivity contribution is 6.43. The standard InChI is InChI=1S/C10H6B5NO2/c11-5-3-1-9(13,16)2-4(3)6(12)8-7(5)17-10(14,15)18-8/h1-2,16H2. The van der Waals surface area contributed by atoms with E-state index in [9.17, 15) is 0 Å². The van der Waals surface area contributed by atoms with E-state index >= 15 is 0 Å². The summed E-state index contributed by atoms with van der Waals surface area (Å²) in [6, 6.07) is 0. The Morgan fingerprint density at radius 3 is 1.67 bits per heavy atom. The van der Waals surface area contributed by atoms with Gasteiger partial charge in [-0.25, -0.2) is 0 Å². The zero-order chi connectivity index (χ0) is 13.3. The van der Waals surface area contributed by atoms with Crippen LogP contribution in [0.1, 0.15) is 11.1 Å². The molecule has 2 N–H and O–H groups in total. The number of rotatable bonds is 0.